The van der Waals surface area contributed by atoms with Gasteiger partial charge in [0, 0.05) is 0 Å². The SMILES string of the molecule is C[C@H](O)c1cc(C(C)(C)C)c(O)c(C(C)(C)C)c1. The minimum Gasteiger partial charge on any atom is -0.507 e. The number of benzene rings is 1. The highest BCUT2D eigenvalue weighted by Gasteiger charge is 2.27. The van der Waals surface area contributed by atoms with Gasteiger partial charge in [0.05, 0.1) is 6.10 Å². The van der Waals surface area contributed by atoms with Crippen LogP contribution in [-0.2, 0) is 10.8 Å². The number of hydrogen-bond acceptors (Lipinski definition) is 2. The van der Waals surface area contributed by atoms with Crippen molar-refractivity contribution >= 4 is 0 Å². The molecule has 0 saturated heterocycles. The van der Waals surface area contributed by atoms with Gasteiger partial charge in [0.15, 0.2) is 0 Å². The molecule has 0 aliphatic heterocycles. The van der Waals surface area contributed by atoms with E-state index in [2.05, 4.69) is 41.5 Å². The Hall–Kier alpha value is -1.02. The smallest absolute Gasteiger partial charge is 0.123 e. The molecular weight excluding hydrogens is 224 g/mol. The van der Waals surface area contributed by atoms with E-state index in [1.165, 1.54) is 0 Å². The van der Waals surface area contributed by atoms with E-state index in [-0.39, 0.29) is 10.8 Å². The van der Waals surface area contributed by atoms with E-state index in [0.717, 1.165) is 16.7 Å². The number of hydrogen-bond donors (Lipinski definition) is 2. The average molecular weight is 250 g/mol. The highest BCUT2D eigenvalue weighted by molar-refractivity contribution is 5.50. The zero-order chi connectivity index (χ0) is 14.3. The topological polar surface area (TPSA) is 40.5 Å². The van der Waals surface area contributed by atoms with Gasteiger partial charge in [-0.3, -0.25) is 0 Å². The van der Waals surface area contributed by atoms with Gasteiger partial charge in [-0.05, 0) is 46.6 Å². The molecular formula is C16H26O2. The van der Waals surface area contributed by atoms with Crippen LogP contribution >= 0.6 is 0 Å². The van der Waals surface area contributed by atoms with Crippen molar-refractivity contribution in [3.8, 4) is 5.75 Å². The Balaban J connectivity index is 3.59. The Morgan fingerprint density at radius 1 is 0.889 bits per heavy atom. The first-order chi connectivity index (χ1) is 7.94. The van der Waals surface area contributed by atoms with Gasteiger partial charge in [-0.25, -0.2) is 0 Å². The molecule has 1 aromatic carbocycles. The Morgan fingerprint density at radius 3 is 1.44 bits per heavy atom. The van der Waals surface area contributed by atoms with Crippen LogP contribution in [0.4, 0.5) is 0 Å². The number of aromatic hydroxyl groups is 1. The summed E-state index contributed by atoms with van der Waals surface area (Å²) < 4.78 is 0. The van der Waals surface area contributed by atoms with Crippen LogP contribution in [0.3, 0.4) is 0 Å². The minimum atomic E-state index is -0.521. The van der Waals surface area contributed by atoms with Crippen LogP contribution in [0.1, 0.15) is 71.3 Å². The molecule has 0 bridgehead atoms. The standard InChI is InChI=1S/C16H26O2/c1-10(17)11-8-12(15(2,3)4)14(18)13(9-11)16(5,6)7/h8-10,17-18H,1-7H3/t10-/m0/s1. The summed E-state index contributed by atoms with van der Waals surface area (Å²) in [4.78, 5) is 0. The second-order valence-corrected chi connectivity index (χ2v) is 7.14. The van der Waals surface area contributed by atoms with Crippen molar-refractivity contribution in [1.82, 2.24) is 0 Å². The van der Waals surface area contributed by atoms with Crippen LogP contribution in [-0.4, -0.2) is 10.2 Å². The Labute approximate surface area is 111 Å². The maximum Gasteiger partial charge on any atom is 0.123 e. The van der Waals surface area contributed by atoms with Crippen molar-refractivity contribution in [3.05, 3.63) is 28.8 Å². The number of rotatable bonds is 1. The van der Waals surface area contributed by atoms with E-state index in [1.54, 1.807) is 6.92 Å². The summed E-state index contributed by atoms with van der Waals surface area (Å²) in [6.07, 6.45) is -0.521. The van der Waals surface area contributed by atoms with E-state index in [0.29, 0.717) is 5.75 Å². The number of aliphatic hydroxyl groups is 1. The lowest BCUT2D eigenvalue weighted by molar-refractivity contribution is 0.198. The fourth-order valence-corrected chi connectivity index (χ4v) is 2.04. The molecule has 0 aliphatic rings. The Morgan fingerprint density at radius 2 is 1.22 bits per heavy atom. The van der Waals surface area contributed by atoms with E-state index < -0.39 is 6.10 Å². The highest BCUT2D eigenvalue weighted by atomic mass is 16.3. The van der Waals surface area contributed by atoms with Crippen LogP contribution < -0.4 is 0 Å². The molecule has 2 N–H and O–H groups in total. The number of phenols is 1. The average Bonchev–Trinajstić information content (AvgIpc) is 2.13. The molecule has 0 aromatic heterocycles. The van der Waals surface area contributed by atoms with Crippen molar-refractivity contribution in [2.75, 3.05) is 0 Å². The van der Waals surface area contributed by atoms with Gasteiger partial charge in [-0.15, -0.1) is 0 Å². The molecule has 0 spiro atoms. The zero-order valence-corrected chi connectivity index (χ0v) is 12.6. The summed E-state index contributed by atoms with van der Waals surface area (Å²) in [6.45, 7) is 14.2. The molecule has 0 heterocycles. The summed E-state index contributed by atoms with van der Waals surface area (Å²) in [5, 5.41) is 20.3. The van der Waals surface area contributed by atoms with Gasteiger partial charge < -0.3 is 10.2 Å². The van der Waals surface area contributed by atoms with E-state index in [9.17, 15) is 10.2 Å². The largest absolute Gasteiger partial charge is 0.507 e. The summed E-state index contributed by atoms with van der Waals surface area (Å²) in [5.41, 5.74) is 2.36. The van der Waals surface area contributed by atoms with Crippen molar-refractivity contribution in [3.63, 3.8) is 0 Å². The van der Waals surface area contributed by atoms with Gasteiger partial charge in [-0.2, -0.15) is 0 Å². The molecule has 1 rings (SSSR count). The van der Waals surface area contributed by atoms with Crippen molar-refractivity contribution < 1.29 is 10.2 Å². The summed E-state index contributed by atoms with van der Waals surface area (Å²) in [7, 11) is 0. The summed E-state index contributed by atoms with van der Waals surface area (Å²) >= 11 is 0. The maximum atomic E-state index is 10.5. The fourth-order valence-electron chi connectivity index (χ4n) is 2.04. The molecule has 0 unspecified atom stereocenters. The molecule has 0 saturated carbocycles. The zero-order valence-electron chi connectivity index (χ0n) is 12.6. The molecule has 18 heavy (non-hydrogen) atoms. The van der Waals surface area contributed by atoms with Crippen LogP contribution in [0.5, 0.6) is 5.75 Å². The highest BCUT2D eigenvalue weighted by Crippen LogP contribution is 2.40. The minimum absolute atomic E-state index is 0.144. The molecule has 1 atom stereocenters. The third kappa shape index (κ3) is 3.05. The number of aliphatic hydroxyl groups excluding tert-OH is 1. The molecule has 102 valence electrons. The molecule has 2 heteroatoms. The first-order valence-electron chi connectivity index (χ1n) is 6.50. The lowest BCUT2D eigenvalue weighted by Crippen LogP contribution is -2.18. The lowest BCUT2D eigenvalue weighted by Gasteiger charge is -2.28. The van der Waals surface area contributed by atoms with Crippen molar-refractivity contribution in [2.24, 2.45) is 0 Å². The van der Waals surface area contributed by atoms with Gasteiger partial charge in [0.2, 0.25) is 0 Å². The van der Waals surface area contributed by atoms with E-state index in [4.69, 9.17) is 0 Å². The lowest BCUT2D eigenvalue weighted by atomic mass is 9.78. The van der Waals surface area contributed by atoms with E-state index in [1.807, 2.05) is 12.1 Å². The molecule has 2 nitrogen and oxygen atoms in total. The Bertz CT molecular complexity index is 396. The van der Waals surface area contributed by atoms with Crippen LogP contribution in [0.15, 0.2) is 12.1 Å². The van der Waals surface area contributed by atoms with Gasteiger partial charge in [0.1, 0.15) is 5.75 Å². The third-order valence-electron chi connectivity index (χ3n) is 3.23. The first-order valence-corrected chi connectivity index (χ1v) is 6.50. The molecule has 1 aromatic rings. The summed E-state index contributed by atoms with van der Waals surface area (Å²) in [5.74, 6) is 0.361. The monoisotopic (exact) mass is 250 g/mol. The van der Waals surface area contributed by atoms with Gasteiger partial charge in [-0.1, -0.05) is 41.5 Å². The van der Waals surface area contributed by atoms with Crippen molar-refractivity contribution in [2.45, 2.75) is 65.4 Å². The van der Waals surface area contributed by atoms with Crippen molar-refractivity contribution in [1.29, 1.82) is 0 Å². The van der Waals surface area contributed by atoms with Crippen LogP contribution in [0, 0.1) is 0 Å². The summed E-state index contributed by atoms with van der Waals surface area (Å²) in [6, 6.07) is 3.82. The fraction of sp³-hybridized carbons (Fsp3) is 0.625. The van der Waals surface area contributed by atoms with Gasteiger partial charge in [0.25, 0.3) is 0 Å². The third-order valence-corrected chi connectivity index (χ3v) is 3.23. The predicted octanol–water partition coefficient (Wildman–Crippen LogP) is 4.04. The quantitative estimate of drug-likeness (QED) is 0.789. The Kier molecular flexibility index (Phi) is 3.83. The number of phenolic OH excluding ortho intramolecular Hbond substituents is 1. The molecule has 0 aliphatic carbocycles. The second kappa shape index (κ2) is 4.58. The van der Waals surface area contributed by atoms with E-state index >= 15 is 0 Å². The molecule has 0 radical (unpaired) electrons. The maximum absolute atomic E-state index is 10.5. The first kappa shape index (κ1) is 15.0. The van der Waals surface area contributed by atoms with Gasteiger partial charge >= 0.3 is 0 Å². The normalized spacial score (nSPS) is 14.7. The second-order valence-electron chi connectivity index (χ2n) is 7.14. The molecule has 0 fully saturated rings. The van der Waals surface area contributed by atoms with Crippen LogP contribution in [0.25, 0.3) is 0 Å². The van der Waals surface area contributed by atoms with Crippen LogP contribution in [0.2, 0.25) is 0 Å². The molecule has 0 amide bonds. The predicted molar refractivity (Wildman–Crippen MR) is 76.1 cm³/mol.